The molecule has 1 saturated heterocycles. The number of carbonyl (C=O) groups is 2. The summed E-state index contributed by atoms with van der Waals surface area (Å²) in [5.74, 6) is -0.383. The lowest BCUT2D eigenvalue weighted by molar-refractivity contribution is -0.126. The summed E-state index contributed by atoms with van der Waals surface area (Å²) in [6.45, 7) is 0.408. The minimum absolute atomic E-state index is 0.00897. The summed E-state index contributed by atoms with van der Waals surface area (Å²) in [6, 6.07) is 1.37. The normalized spacial score (nSPS) is 21.5. The molecule has 70 valence electrons. The Morgan fingerprint density at radius 3 is 3.08 bits per heavy atom. The minimum Gasteiger partial charge on any atom is -0.353 e. The minimum atomic E-state index is -0.425. The highest BCUT2D eigenvalue weighted by molar-refractivity contribution is 5.86. The third kappa shape index (κ3) is 2.72. The lowest BCUT2D eigenvalue weighted by Crippen LogP contribution is -2.58. The molecule has 2 amide bonds. The van der Waals surface area contributed by atoms with E-state index in [1.165, 1.54) is 0 Å². The summed E-state index contributed by atoms with van der Waals surface area (Å²) in [6.07, 6.45) is 0. The molecule has 3 N–H and O–H groups in total. The molecule has 0 radical (unpaired) electrons. The second-order valence-electron chi connectivity index (χ2n) is 2.61. The number of piperazine rings is 1. The van der Waals surface area contributed by atoms with Crippen molar-refractivity contribution in [3.8, 4) is 6.07 Å². The van der Waals surface area contributed by atoms with Gasteiger partial charge in [-0.3, -0.25) is 14.9 Å². The van der Waals surface area contributed by atoms with Crippen LogP contribution in [-0.2, 0) is 9.59 Å². The van der Waals surface area contributed by atoms with E-state index in [4.69, 9.17) is 5.26 Å². The van der Waals surface area contributed by atoms with Crippen LogP contribution in [0, 0.1) is 11.3 Å². The number of carbonyl (C=O) groups excluding carboxylic acids is 2. The van der Waals surface area contributed by atoms with Gasteiger partial charge in [0, 0.05) is 6.54 Å². The maximum atomic E-state index is 11.2. The number of hydrogen-bond acceptors (Lipinski definition) is 4. The van der Waals surface area contributed by atoms with Crippen LogP contribution < -0.4 is 16.0 Å². The first-order valence-electron chi connectivity index (χ1n) is 3.89. The Bertz CT molecular complexity index is 248. The number of nitrogens with zero attached hydrogens (tertiary/aromatic N) is 1. The zero-order chi connectivity index (χ0) is 9.68. The van der Waals surface area contributed by atoms with Gasteiger partial charge in [-0.15, -0.1) is 0 Å². The van der Waals surface area contributed by atoms with E-state index in [0.717, 1.165) is 0 Å². The van der Waals surface area contributed by atoms with Crippen molar-refractivity contribution >= 4 is 11.8 Å². The van der Waals surface area contributed by atoms with E-state index in [0.29, 0.717) is 0 Å². The predicted molar refractivity (Wildman–Crippen MR) is 43.4 cm³/mol. The molecule has 0 spiro atoms. The van der Waals surface area contributed by atoms with Crippen molar-refractivity contribution in [2.24, 2.45) is 0 Å². The molecule has 1 unspecified atom stereocenters. The van der Waals surface area contributed by atoms with Crippen LogP contribution >= 0.6 is 0 Å². The van der Waals surface area contributed by atoms with Gasteiger partial charge in [-0.1, -0.05) is 0 Å². The molecule has 0 aromatic rings. The van der Waals surface area contributed by atoms with E-state index < -0.39 is 6.04 Å². The van der Waals surface area contributed by atoms with Crippen molar-refractivity contribution in [2.75, 3.05) is 19.6 Å². The van der Waals surface area contributed by atoms with E-state index in [1.54, 1.807) is 6.07 Å². The van der Waals surface area contributed by atoms with Crippen LogP contribution in [0.5, 0.6) is 0 Å². The fraction of sp³-hybridized carbons (Fsp3) is 0.571. The molecule has 1 aliphatic rings. The fourth-order valence-electron chi connectivity index (χ4n) is 1.00. The van der Waals surface area contributed by atoms with E-state index in [1.807, 2.05) is 0 Å². The first-order chi connectivity index (χ1) is 6.24. The van der Waals surface area contributed by atoms with Crippen LogP contribution in [0.25, 0.3) is 0 Å². The summed E-state index contributed by atoms with van der Waals surface area (Å²) in [5, 5.41) is 15.9. The van der Waals surface area contributed by atoms with Crippen molar-refractivity contribution < 1.29 is 9.59 Å². The Balaban J connectivity index is 2.32. The number of hydrogen-bond donors (Lipinski definition) is 3. The highest BCUT2D eigenvalue weighted by atomic mass is 16.2. The average molecular weight is 182 g/mol. The lowest BCUT2D eigenvalue weighted by atomic mass is 10.2. The third-order valence-electron chi connectivity index (χ3n) is 1.67. The molecule has 1 atom stereocenters. The Morgan fingerprint density at radius 1 is 1.77 bits per heavy atom. The molecule has 0 bridgehead atoms. The Hall–Kier alpha value is -1.61. The quantitative estimate of drug-likeness (QED) is 0.419. The van der Waals surface area contributed by atoms with Gasteiger partial charge in [0.15, 0.2) is 0 Å². The predicted octanol–water partition coefficient (Wildman–Crippen LogP) is -2.29. The van der Waals surface area contributed by atoms with E-state index in [2.05, 4.69) is 16.0 Å². The van der Waals surface area contributed by atoms with Crippen LogP contribution in [0.4, 0.5) is 0 Å². The second-order valence-corrected chi connectivity index (χ2v) is 2.61. The highest BCUT2D eigenvalue weighted by Gasteiger charge is 2.22. The van der Waals surface area contributed by atoms with Crippen molar-refractivity contribution in [1.82, 2.24) is 16.0 Å². The smallest absolute Gasteiger partial charge is 0.239 e. The van der Waals surface area contributed by atoms with Gasteiger partial charge in [-0.05, 0) is 0 Å². The summed E-state index contributed by atoms with van der Waals surface area (Å²) >= 11 is 0. The van der Waals surface area contributed by atoms with Gasteiger partial charge < -0.3 is 10.6 Å². The number of nitrogens with one attached hydrogen (secondary N) is 3. The molecule has 6 nitrogen and oxygen atoms in total. The number of amides is 2. The molecular weight excluding hydrogens is 172 g/mol. The molecule has 0 aliphatic carbocycles. The van der Waals surface area contributed by atoms with Crippen LogP contribution in [0.3, 0.4) is 0 Å². The molecule has 0 aromatic carbocycles. The average Bonchev–Trinajstić information content (AvgIpc) is 2.15. The van der Waals surface area contributed by atoms with Gasteiger partial charge in [0.05, 0.1) is 12.6 Å². The van der Waals surface area contributed by atoms with Gasteiger partial charge >= 0.3 is 0 Å². The van der Waals surface area contributed by atoms with Gasteiger partial charge in [0.25, 0.3) is 0 Å². The van der Waals surface area contributed by atoms with Crippen molar-refractivity contribution in [1.29, 1.82) is 5.26 Å². The first-order valence-corrected chi connectivity index (χ1v) is 3.89. The zero-order valence-corrected chi connectivity index (χ0v) is 6.96. The van der Waals surface area contributed by atoms with Crippen LogP contribution in [0.2, 0.25) is 0 Å². The Kier molecular flexibility index (Phi) is 3.23. The van der Waals surface area contributed by atoms with E-state index in [-0.39, 0.29) is 31.4 Å². The SMILES string of the molecule is N#CCNC(=O)C1CNC(=O)CN1. The number of nitriles is 1. The monoisotopic (exact) mass is 182 g/mol. The van der Waals surface area contributed by atoms with Gasteiger partial charge in [0.2, 0.25) is 11.8 Å². The largest absolute Gasteiger partial charge is 0.353 e. The van der Waals surface area contributed by atoms with E-state index >= 15 is 0 Å². The van der Waals surface area contributed by atoms with Crippen molar-refractivity contribution in [2.45, 2.75) is 6.04 Å². The first kappa shape index (κ1) is 9.48. The molecule has 1 rings (SSSR count). The van der Waals surface area contributed by atoms with Crippen molar-refractivity contribution in [3.63, 3.8) is 0 Å². The molecule has 1 aliphatic heterocycles. The summed E-state index contributed by atoms with van der Waals surface area (Å²) in [7, 11) is 0. The number of rotatable bonds is 2. The molecule has 0 aromatic heterocycles. The van der Waals surface area contributed by atoms with Gasteiger partial charge in [-0.2, -0.15) is 5.26 Å². The summed E-state index contributed by atoms with van der Waals surface area (Å²) in [4.78, 5) is 21.9. The summed E-state index contributed by atoms with van der Waals surface area (Å²) < 4.78 is 0. The van der Waals surface area contributed by atoms with Crippen LogP contribution in [0.1, 0.15) is 0 Å². The van der Waals surface area contributed by atoms with Gasteiger partial charge in [-0.25, -0.2) is 0 Å². The molecule has 6 heteroatoms. The Morgan fingerprint density at radius 2 is 2.54 bits per heavy atom. The van der Waals surface area contributed by atoms with Crippen LogP contribution in [-0.4, -0.2) is 37.5 Å². The molecule has 1 fully saturated rings. The fourth-order valence-corrected chi connectivity index (χ4v) is 1.00. The van der Waals surface area contributed by atoms with Gasteiger partial charge in [0.1, 0.15) is 12.6 Å². The maximum absolute atomic E-state index is 11.2. The molecule has 0 saturated carbocycles. The molecular formula is C7H10N4O2. The van der Waals surface area contributed by atoms with Crippen molar-refractivity contribution in [3.05, 3.63) is 0 Å². The summed E-state index contributed by atoms with van der Waals surface area (Å²) in [5.41, 5.74) is 0. The van der Waals surface area contributed by atoms with Crippen LogP contribution in [0.15, 0.2) is 0 Å². The van der Waals surface area contributed by atoms with E-state index in [9.17, 15) is 9.59 Å². The second kappa shape index (κ2) is 4.42. The highest BCUT2D eigenvalue weighted by Crippen LogP contribution is 1.87. The topological polar surface area (TPSA) is 94.0 Å². The lowest BCUT2D eigenvalue weighted by Gasteiger charge is -2.22. The third-order valence-corrected chi connectivity index (χ3v) is 1.67. The standard InChI is InChI=1S/C7H10N4O2/c8-1-2-9-7(13)5-3-11-6(12)4-10-5/h5,10H,2-4H2,(H,9,13)(H,11,12). The zero-order valence-electron chi connectivity index (χ0n) is 6.96. The Labute approximate surface area is 75.3 Å². The maximum Gasteiger partial charge on any atom is 0.239 e. The molecule has 13 heavy (non-hydrogen) atoms. The molecule has 1 heterocycles.